The molecule has 0 unspecified atom stereocenters. The summed E-state index contributed by atoms with van der Waals surface area (Å²) in [6, 6.07) is 34.2. The van der Waals surface area contributed by atoms with E-state index in [1.165, 1.54) is 0 Å². The summed E-state index contributed by atoms with van der Waals surface area (Å²) in [5.41, 5.74) is 7.13. The summed E-state index contributed by atoms with van der Waals surface area (Å²) in [5, 5.41) is 11.6. The zero-order valence-corrected chi connectivity index (χ0v) is 25.1. The highest BCUT2D eigenvalue weighted by Gasteiger charge is 2.13. The fourth-order valence-corrected chi connectivity index (χ4v) is 4.38. The van der Waals surface area contributed by atoms with Crippen molar-refractivity contribution in [2.75, 3.05) is 13.2 Å². The van der Waals surface area contributed by atoms with Gasteiger partial charge in [-0.25, -0.2) is 10.1 Å². The predicted octanol–water partition coefficient (Wildman–Crippen LogP) is 6.18. The number of para-hydroxylation sites is 1. The Labute approximate surface area is 262 Å². The molecule has 0 saturated heterocycles. The van der Waals surface area contributed by atoms with Crippen molar-refractivity contribution in [2.45, 2.75) is 26.4 Å². The third-order valence-electron chi connectivity index (χ3n) is 6.82. The summed E-state index contributed by atoms with van der Waals surface area (Å²) in [4.78, 5) is 25.0. The highest BCUT2D eigenvalue weighted by molar-refractivity contribution is 5.96. The molecule has 2 N–H and O–H groups in total. The Morgan fingerprint density at radius 1 is 0.844 bits per heavy atom. The lowest BCUT2D eigenvalue weighted by atomic mass is 10.1. The molecule has 45 heavy (non-hydrogen) atoms. The Bertz CT molecular complexity index is 1700. The molecule has 9 nitrogen and oxygen atoms in total. The summed E-state index contributed by atoms with van der Waals surface area (Å²) in [6.45, 7) is 2.97. The van der Waals surface area contributed by atoms with Crippen LogP contribution in [-0.4, -0.2) is 41.0 Å². The van der Waals surface area contributed by atoms with Crippen molar-refractivity contribution >= 4 is 18.0 Å². The maximum atomic E-state index is 12.5. The second kappa shape index (κ2) is 15.7. The minimum Gasteiger partial charge on any atom is -0.494 e. The fraction of sp³-hybridized carbons (Fsp3) is 0.167. The number of hydrazone groups is 1. The van der Waals surface area contributed by atoms with Crippen LogP contribution in [0, 0.1) is 0 Å². The molecule has 0 fully saturated rings. The highest BCUT2D eigenvalue weighted by atomic mass is 16.5. The van der Waals surface area contributed by atoms with Gasteiger partial charge in [-0.05, 0) is 72.6 Å². The molecular formula is C36H35N5O4. The molecule has 0 aliphatic heterocycles. The van der Waals surface area contributed by atoms with E-state index in [0.29, 0.717) is 35.8 Å². The molecule has 0 radical (unpaired) electrons. The van der Waals surface area contributed by atoms with Gasteiger partial charge in [-0.15, -0.1) is 0 Å². The molecule has 0 aliphatic rings. The van der Waals surface area contributed by atoms with E-state index in [9.17, 15) is 9.59 Å². The van der Waals surface area contributed by atoms with Gasteiger partial charge in [-0.1, -0.05) is 61.9 Å². The molecule has 1 heterocycles. The third-order valence-corrected chi connectivity index (χ3v) is 6.82. The van der Waals surface area contributed by atoms with Crippen LogP contribution in [-0.2, 0) is 11.4 Å². The summed E-state index contributed by atoms with van der Waals surface area (Å²) < 4.78 is 13.3. The van der Waals surface area contributed by atoms with Crippen molar-refractivity contribution in [2.24, 2.45) is 5.10 Å². The number of unbranched alkanes of at least 4 members (excludes halogenated alkanes) is 1. The Morgan fingerprint density at radius 3 is 2.22 bits per heavy atom. The van der Waals surface area contributed by atoms with Crippen molar-refractivity contribution in [3.8, 4) is 28.4 Å². The predicted molar refractivity (Wildman–Crippen MR) is 175 cm³/mol. The number of hydrogen-bond donors (Lipinski definition) is 2. The van der Waals surface area contributed by atoms with Crippen LogP contribution in [0.1, 0.15) is 41.3 Å². The van der Waals surface area contributed by atoms with Gasteiger partial charge in [0.25, 0.3) is 11.8 Å². The summed E-state index contributed by atoms with van der Waals surface area (Å²) in [6.07, 6.45) is 5.40. The summed E-state index contributed by atoms with van der Waals surface area (Å²) in [7, 11) is 0. The molecule has 0 spiro atoms. The molecule has 0 atom stereocenters. The van der Waals surface area contributed by atoms with Crippen molar-refractivity contribution < 1.29 is 19.1 Å². The van der Waals surface area contributed by atoms with Crippen molar-refractivity contribution in [3.63, 3.8) is 0 Å². The minimum absolute atomic E-state index is 0.231. The molecular weight excluding hydrogens is 566 g/mol. The highest BCUT2D eigenvalue weighted by Crippen LogP contribution is 2.25. The average Bonchev–Trinajstić information content (AvgIpc) is 3.52. The number of carbonyl (C=O) groups excluding carboxylic acids is 2. The van der Waals surface area contributed by atoms with Gasteiger partial charge >= 0.3 is 0 Å². The zero-order valence-electron chi connectivity index (χ0n) is 25.1. The van der Waals surface area contributed by atoms with Crippen LogP contribution >= 0.6 is 0 Å². The van der Waals surface area contributed by atoms with Crippen molar-refractivity contribution in [1.29, 1.82) is 0 Å². The maximum Gasteiger partial charge on any atom is 0.259 e. The Morgan fingerprint density at radius 2 is 1.51 bits per heavy atom. The van der Waals surface area contributed by atoms with Crippen LogP contribution in [0.2, 0.25) is 0 Å². The third kappa shape index (κ3) is 8.90. The lowest BCUT2D eigenvalue weighted by Crippen LogP contribution is -2.34. The van der Waals surface area contributed by atoms with Gasteiger partial charge in [0.15, 0.2) is 0 Å². The van der Waals surface area contributed by atoms with E-state index < -0.39 is 5.91 Å². The smallest absolute Gasteiger partial charge is 0.259 e. The average molecular weight is 602 g/mol. The minimum atomic E-state index is -0.462. The van der Waals surface area contributed by atoms with Gasteiger partial charge in [0.1, 0.15) is 23.8 Å². The second-order valence-corrected chi connectivity index (χ2v) is 10.2. The first-order valence-electron chi connectivity index (χ1n) is 14.8. The first kappa shape index (κ1) is 30.7. The van der Waals surface area contributed by atoms with Gasteiger partial charge in [0, 0.05) is 22.9 Å². The van der Waals surface area contributed by atoms with Gasteiger partial charge in [-0.3, -0.25) is 9.59 Å². The molecule has 4 aromatic carbocycles. The van der Waals surface area contributed by atoms with Gasteiger partial charge < -0.3 is 14.8 Å². The van der Waals surface area contributed by atoms with Crippen LogP contribution in [0.15, 0.2) is 120 Å². The zero-order chi connectivity index (χ0) is 31.3. The van der Waals surface area contributed by atoms with Crippen LogP contribution in [0.3, 0.4) is 0 Å². The summed E-state index contributed by atoms with van der Waals surface area (Å²) >= 11 is 0. The number of amides is 2. The largest absolute Gasteiger partial charge is 0.494 e. The molecule has 2 amide bonds. The van der Waals surface area contributed by atoms with E-state index in [1.54, 1.807) is 35.2 Å². The van der Waals surface area contributed by atoms with Crippen LogP contribution in [0.25, 0.3) is 16.9 Å². The van der Waals surface area contributed by atoms with Gasteiger partial charge in [0.2, 0.25) is 0 Å². The van der Waals surface area contributed by atoms with E-state index in [1.807, 2.05) is 91.1 Å². The molecule has 1 aromatic heterocycles. The first-order chi connectivity index (χ1) is 22.1. The quantitative estimate of drug-likeness (QED) is 0.0899. The van der Waals surface area contributed by atoms with E-state index in [-0.39, 0.29) is 12.5 Å². The van der Waals surface area contributed by atoms with Gasteiger partial charge in [-0.2, -0.15) is 10.2 Å². The number of rotatable bonds is 14. The lowest BCUT2D eigenvalue weighted by Gasteiger charge is -2.07. The lowest BCUT2D eigenvalue weighted by molar-refractivity contribution is -0.120. The van der Waals surface area contributed by atoms with E-state index in [0.717, 1.165) is 35.4 Å². The molecule has 5 aromatic rings. The number of nitrogens with one attached hydrogen (secondary N) is 2. The van der Waals surface area contributed by atoms with E-state index >= 15 is 0 Å². The van der Waals surface area contributed by atoms with Gasteiger partial charge in [0.05, 0.1) is 25.1 Å². The molecule has 0 aliphatic carbocycles. The Hall–Kier alpha value is -5.70. The fourth-order valence-electron chi connectivity index (χ4n) is 4.38. The Kier molecular flexibility index (Phi) is 10.7. The summed E-state index contributed by atoms with van der Waals surface area (Å²) in [5.74, 6) is 0.619. The molecule has 5 rings (SSSR count). The molecule has 0 saturated carbocycles. The van der Waals surface area contributed by atoms with Crippen LogP contribution in [0.4, 0.5) is 0 Å². The number of ether oxygens (including phenoxy) is 2. The number of hydrogen-bond acceptors (Lipinski definition) is 6. The number of nitrogens with zero attached hydrogens (tertiary/aromatic N) is 3. The standard InChI is InChI=1S/C36H35N5O4/c1-2-3-22-44-32-20-16-29(17-21-32)36(43)37-24-34(42)39-38-23-30-25-41(31-12-8-5-9-13-31)40-35(30)28-14-18-33(19-15-28)45-26-27-10-6-4-7-11-27/h4-21,23,25H,2-3,22,24,26H2,1H3,(H,37,43)(H,39,42). The second-order valence-electron chi connectivity index (χ2n) is 10.2. The molecule has 228 valence electrons. The number of aromatic nitrogens is 2. The monoisotopic (exact) mass is 601 g/mol. The number of benzene rings is 4. The topological polar surface area (TPSA) is 107 Å². The van der Waals surface area contributed by atoms with Crippen LogP contribution < -0.4 is 20.2 Å². The normalized spacial score (nSPS) is 10.9. The van der Waals surface area contributed by atoms with Crippen molar-refractivity contribution in [3.05, 3.63) is 132 Å². The first-order valence-corrected chi connectivity index (χ1v) is 14.8. The Balaban J connectivity index is 1.21. The van der Waals surface area contributed by atoms with Crippen LogP contribution in [0.5, 0.6) is 11.5 Å². The molecule has 0 bridgehead atoms. The van der Waals surface area contributed by atoms with E-state index in [2.05, 4.69) is 22.8 Å². The number of carbonyl (C=O) groups is 2. The van der Waals surface area contributed by atoms with E-state index in [4.69, 9.17) is 14.6 Å². The molecule has 9 heteroatoms. The SMILES string of the molecule is CCCCOc1ccc(C(=O)NCC(=O)NN=Cc2cn(-c3ccccc3)nc2-c2ccc(OCc3ccccc3)cc2)cc1. The van der Waals surface area contributed by atoms with Crippen molar-refractivity contribution in [1.82, 2.24) is 20.5 Å². The maximum absolute atomic E-state index is 12.5.